The van der Waals surface area contributed by atoms with Crippen molar-refractivity contribution >= 4 is 42.7 Å². The number of hydrogen-bond acceptors (Lipinski definition) is 3. The van der Waals surface area contributed by atoms with E-state index in [1.807, 2.05) is 0 Å². The molecule has 0 aliphatic rings. The summed E-state index contributed by atoms with van der Waals surface area (Å²) in [4.78, 5) is 4.49. The molecule has 0 saturated heterocycles. The third-order valence-electron chi connectivity index (χ3n) is 2.32. The van der Waals surface area contributed by atoms with Crippen LogP contribution in [0, 0.1) is 0 Å². The topological polar surface area (TPSA) is 38.9 Å². The molecule has 1 aromatic carbocycles. The van der Waals surface area contributed by atoms with E-state index in [1.54, 1.807) is 11.3 Å². The van der Waals surface area contributed by atoms with E-state index in [0.29, 0.717) is 0 Å². The van der Waals surface area contributed by atoms with Gasteiger partial charge in [0.05, 0.1) is 10.2 Å². The maximum absolute atomic E-state index is 5.93. The van der Waals surface area contributed by atoms with Crippen LogP contribution in [-0.2, 0) is 6.42 Å². The normalized spacial score (nSPS) is 12.1. The highest BCUT2D eigenvalue weighted by molar-refractivity contribution is 8.27. The van der Waals surface area contributed by atoms with E-state index in [9.17, 15) is 0 Å². The van der Waals surface area contributed by atoms with Crippen LogP contribution in [0.15, 0.2) is 22.5 Å². The molecule has 2 nitrogen and oxygen atoms in total. The lowest BCUT2D eigenvalue weighted by Gasteiger charge is -1.99. The van der Waals surface area contributed by atoms with Crippen molar-refractivity contribution in [1.82, 2.24) is 4.98 Å². The van der Waals surface area contributed by atoms with Gasteiger partial charge in [-0.05, 0) is 24.1 Å². The van der Waals surface area contributed by atoms with Gasteiger partial charge in [0.25, 0.3) is 0 Å². The van der Waals surface area contributed by atoms with E-state index in [1.165, 1.54) is 10.3 Å². The number of hydrogen-bond donors (Lipinski definition) is 1. The van der Waals surface area contributed by atoms with Crippen molar-refractivity contribution in [2.45, 2.75) is 24.1 Å². The molecular weight excluding hydrogens is 236 g/mol. The van der Waals surface area contributed by atoms with Crippen LogP contribution in [0.5, 0.6) is 0 Å². The van der Waals surface area contributed by atoms with E-state index in [-0.39, 0.29) is 0 Å². The van der Waals surface area contributed by atoms with Gasteiger partial charge in [0.2, 0.25) is 0 Å². The summed E-state index contributed by atoms with van der Waals surface area (Å²) in [5, 5.41) is 5.93. The zero-order chi connectivity index (χ0) is 11.8. The van der Waals surface area contributed by atoms with E-state index < -0.39 is 9.39 Å². The van der Waals surface area contributed by atoms with Crippen LogP contribution >= 0.6 is 20.7 Å². The second-order valence-corrected chi connectivity index (χ2v) is 7.54. The van der Waals surface area contributed by atoms with E-state index >= 15 is 0 Å². The van der Waals surface area contributed by atoms with Gasteiger partial charge in [0, 0.05) is 0 Å². The first kappa shape index (κ1) is 11.6. The lowest BCUT2D eigenvalue weighted by Crippen LogP contribution is -1.90. The molecule has 0 bridgehead atoms. The number of thiazole rings is 1. The van der Waals surface area contributed by atoms with Gasteiger partial charge in [0.15, 0.2) is 4.34 Å². The fourth-order valence-electron chi connectivity index (χ4n) is 1.57. The molecule has 2 rings (SSSR count). The highest BCUT2D eigenvalue weighted by Gasteiger charge is 2.06. The van der Waals surface area contributed by atoms with Gasteiger partial charge in [-0.25, -0.2) is 4.98 Å². The predicted octanol–water partition coefficient (Wildman–Crippen LogP) is 3.15. The van der Waals surface area contributed by atoms with Gasteiger partial charge in [0.1, 0.15) is 0 Å². The van der Waals surface area contributed by atoms with Gasteiger partial charge in [-0.15, -0.1) is 20.7 Å². The van der Waals surface area contributed by atoms with Crippen LogP contribution in [0.4, 0.5) is 0 Å². The molecule has 1 heterocycles. The molecule has 2 N–H and O–H groups in total. The number of aromatic nitrogens is 1. The van der Waals surface area contributed by atoms with Gasteiger partial charge in [-0.3, -0.25) is 5.14 Å². The summed E-state index contributed by atoms with van der Waals surface area (Å²) in [7, 11) is -1.68. The van der Waals surface area contributed by atoms with Crippen molar-refractivity contribution in [3.63, 3.8) is 0 Å². The third kappa shape index (κ3) is 2.29. The molecule has 0 aliphatic carbocycles. The molecule has 0 atom stereocenters. The summed E-state index contributed by atoms with van der Waals surface area (Å²) in [5.74, 6) is 7.79. The van der Waals surface area contributed by atoms with E-state index in [0.717, 1.165) is 22.7 Å². The Morgan fingerprint density at radius 2 is 2.19 bits per heavy atom. The summed E-state index contributed by atoms with van der Waals surface area (Å²) < 4.78 is 2.06. The third-order valence-corrected chi connectivity index (χ3v) is 5.17. The van der Waals surface area contributed by atoms with E-state index in [4.69, 9.17) is 5.14 Å². The summed E-state index contributed by atoms with van der Waals surface area (Å²) in [6.07, 6.45) is 2.27. The minimum atomic E-state index is -1.68. The van der Waals surface area contributed by atoms with Crippen molar-refractivity contribution in [1.29, 1.82) is 0 Å². The summed E-state index contributed by atoms with van der Waals surface area (Å²) in [6.45, 7) is 2.18. The molecule has 0 spiro atoms. The Morgan fingerprint density at radius 3 is 2.81 bits per heavy atom. The summed E-state index contributed by atoms with van der Waals surface area (Å²) >= 11 is 1.62. The molecule has 0 unspecified atom stereocenters. The zero-order valence-corrected chi connectivity index (χ0v) is 11.0. The van der Waals surface area contributed by atoms with Crippen molar-refractivity contribution < 1.29 is 0 Å². The van der Waals surface area contributed by atoms with Crippen LogP contribution in [0.3, 0.4) is 0 Å². The molecule has 0 fully saturated rings. The molecule has 4 heteroatoms. The first-order valence-corrected chi connectivity index (χ1v) is 8.02. The fraction of sp³-hybridized carbons (Fsp3) is 0.250. The molecule has 86 valence electrons. The smallest absolute Gasteiger partial charge is 0.152 e. The van der Waals surface area contributed by atoms with Crippen molar-refractivity contribution in [3.8, 4) is 0 Å². The van der Waals surface area contributed by atoms with E-state index in [2.05, 4.69) is 41.8 Å². The second-order valence-electron chi connectivity index (χ2n) is 3.98. The Bertz CT molecular complexity index is 609. The fourth-order valence-corrected chi connectivity index (χ4v) is 3.54. The Kier molecular flexibility index (Phi) is 3.06. The van der Waals surface area contributed by atoms with Crippen LogP contribution in [0.2, 0.25) is 0 Å². The summed E-state index contributed by atoms with van der Waals surface area (Å²) in [6, 6.07) is 6.39. The van der Waals surface area contributed by atoms with Crippen molar-refractivity contribution in [2.75, 3.05) is 0 Å². The van der Waals surface area contributed by atoms with Gasteiger partial charge >= 0.3 is 0 Å². The quantitative estimate of drug-likeness (QED) is 0.852. The number of nitrogens with two attached hydrogens (primary N) is 1. The van der Waals surface area contributed by atoms with Crippen LogP contribution in [0.25, 0.3) is 10.2 Å². The standard InChI is InChI=1S/C12H16N2S2/c1-4-5-9-6-7-10-11(8-9)15-12(14-10)16(2,3)13/h6-8H,2-5,13H2,1H3. The number of rotatable bonds is 3. The molecule has 0 amide bonds. The molecule has 0 saturated carbocycles. The van der Waals surface area contributed by atoms with Crippen LogP contribution < -0.4 is 5.14 Å². The Morgan fingerprint density at radius 1 is 1.44 bits per heavy atom. The first-order valence-electron chi connectivity index (χ1n) is 5.17. The average molecular weight is 252 g/mol. The number of aryl methyl sites for hydroxylation is 1. The molecule has 0 aliphatic heterocycles. The molecular formula is C12H16N2S2. The molecule has 16 heavy (non-hydrogen) atoms. The largest absolute Gasteiger partial charge is 0.283 e. The average Bonchev–Trinajstić information content (AvgIpc) is 2.60. The minimum absolute atomic E-state index is 0.871. The summed E-state index contributed by atoms with van der Waals surface area (Å²) in [5.41, 5.74) is 2.37. The zero-order valence-electron chi connectivity index (χ0n) is 9.40. The first-order chi connectivity index (χ1) is 7.50. The lowest BCUT2D eigenvalue weighted by molar-refractivity contribution is 0.924. The highest BCUT2D eigenvalue weighted by atomic mass is 32.2. The van der Waals surface area contributed by atoms with Crippen LogP contribution in [0.1, 0.15) is 18.9 Å². The highest BCUT2D eigenvalue weighted by Crippen LogP contribution is 2.33. The number of nitrogens with zero attached hydrogens (tertiary/aromatic N) is 1. The molecule has 2 aromatic rings. The maximum Gasteiger partial charge on any atom is 0.152 e. The lowest BCUT2D eigenvalue weighted by atomic mass is 10.1. The Hall–Kier alpha value is -0.840. The van der Waals surface area contributed by atoms with Crippen molar-refractivity contribution in [2.24, 2.45) is 5.14 Å². The van der Waals surface area contributed by atoms with Crippen molar-refractivity contribution in [3.05, 3.63) is 23.8 Å². The van der Waals surface area contributed by atoms with Gasteiger partial charge in [-0.2, -0.15) is 0 Å². The van der Waals surface area contributed by atoms with Gasteiger partial charge in [-0.1, -0.05) is 31.2 Å². The second kappa shape index (κ2) is 4.20. The van der Waals surface area contributed by atoms with Crippen LogP contribution in [-0.4, -0.2) is 16.7 Å². The Balaban J connectivity index is 2.54. The van der Waals surface area contributed by atoms with Gasteiger partial charge < -0.3 is 0 Å². The predicted molar refractivity (Wildman–Crippen MR) is 77.9 cm³/mol. The molecule has 1 aromatic heterocycles. The number of fused-ring (bicyclic) bond motifs is 1. The maximum atomic E-state index is 5.93. The molecule has 0 radical (unpaired) electrons. The Labute approximate surface area is 101 Å². The number of benzene rings is 1. The SMILES string of the molecule is C=S(=C)(N)c1nc2ccc(CCC)cc2s1. The monoisotopic (exact) mass is 252 g/mol. The minimum Gasteiger partial charge on any atom is -0.283 e.